The third-order valence-electron chi connectivity index (χ3n) is 5.11. The van der Waals surface area contributed by atoms with Crippen LogP contribution < -0.4 is 11.1 Å². The van der Waals surface area contributed by atoms with Crippen LogP contribution in [0.3, 0.4) is 0 Å². The zero-order valence-electron chi connectivity index (χ0n) is 17.0. The summed E-state index contributed by atoms with van der Waals surface area (Å²) in [5, 5.41) is 2.95. The fourth-order valence-corrected chi connectivity index (χ4v) is 3.22. The van der Waals surface area contributed by atoms with Gasteiger partial charge >= 0.3 is 0 Å². The Morgan fingerprint density at radius 3 is 2.46 bits per heavy atom. The van der Waals surface area contributed by atoms with Crippen LogP contribution in [0.4, 0.5) is 10.1 Å². The number of halogens is 1. The van der Waals surface area contributed by atoms with Crippen molar-refractivity contribution in [1.82, 2.24) is 9.55 Å². The molecule has 2 atom stereocenters. The van der Waals surface area contributed by atoms with Crippen molar-refractivity contribution in [3.63, 3.8) is 0 Å². The molecular weight excluding hydrogens is 355 g/mol. The second-order valence-electron chi connectivity index (χ2n) is 7.70. The van der Waals surface area contributed by atoms with E-state index in [0.29, 0.717) is 0 Å². The Bertz CT molecular complexity index is 1020. The summed E-state index contributed by atoms with van der Waals surface area (Å²) in [6.45, 7) is 9.67. The van der Waals surface area contributed by atoms with Crippen molar-refractivity contribution in [1.29, 1.82) is 0 Å². The molecule has 3 N–H and O–H groups in total. The highest BCUT2D eigenvalue weighted by Crippen LogP contribution is 2.31. The molecule has 2 aromatic carbocycles. The number of nitrogens with zero attached hydrogens (tertiary/aromatic N) is 2. The summed E-state index contributed by atoms with van der Waals surface area (Å²) in [5.74, 6) is 0.119. The minimum Gasteiger partial charge on any atom is -0.327 e. The predicted molar refractivity (Wildman–Crippen MR) is 112 cm³/mol. The van der Waals surface area contributed by atoms with Crippen LogP contribution in [0.1, 0.15) is 39.3 Å². The number of aryl methyl sites for hydroxylation is 1. The number of rotatable bonds is 5. The maximum atomic E-state index is 13.8. The van der Waals surface area contributed by atoms with Crippen molar-refractivity contribution in [3.05, 3.63) is 47.8 Å². The predicted octanol–water partition coefficient (Wildman–Crippen LogP) is 4.65. The number of hydrogen-bond donors (Lipinski definition) is 2. The average molecular weight is 382 g/mol. The van der Waals surface area contributed by atoms with Gasteiger partial charge in [-0.25, -0.2) is 9.37 Å². The maximum absolute atomic E-state index is 13.8. The fraction of sp³-hybridized carbons (Fsp3) is 0.364. The number of carbonyl (C=O) groups excluding carboxylic acids is 1. The summed E-state index contributed by atoms with van der Waals surface area (Å²) >= 11 is 0. The summed E-state index contributed by atoms with van der Waals surface area (Å²) in [7, 11) is 0. The van der Waals surface area contributed by atoms with Crippen molar-refractivity contribution in [2.24, 2.45) is 11.7 Å². The van der Waals surface area contributed by atoms with Gasteiger partial charge in [-0.15, -0.1) is 0 Å². The zero-order chi connectivity index (χ0) is 20.6. The highest BCUT2D eigenvalue weighted by Gasteiger charge is 2.19. The number of imidazole rings is 1. The molecule has 6 heteroatoms. The van der Waals surface area contributed by atoms with Gasteiger partial charge in [0.1, 0.15) is 11.6 Å². The van der Waals surface area contributed by atoms with Crippen molar-refractivity contribution < 1.29 is 9.18 Å². The molecule has 1 amide bonds. The van der Waals surface area contributed by atoms with Crippen LogP contribution in [0, 0.1) is 18.7 Å². The molecule has 0 bridgehead atoms. The minimum absolute atomic E-state index is 0.101. The van der Waals surface area contributed by atoms with E-state index in [2.05, 4.69) is 5.32 Å². The van der Waals surface area contributed by atoms with E-state index in [1.54, 1.807) is 6.07 Å². The first-order valence-electron chi connectivity index (χ1n) is 9.54. The van der Waals surface area contributed by atoms with Gasteiger partial charge in [0.15, 0.2) is 0 Å². The van der Waals surface area contributed by atoms with Crippen molar-refractivity contribution in [2.45, 2.75) is 46.7 Å². The van der Waals surface area contributed by atoms with Gasteiger partial charge in [0.2, 0.25) is 5.91 Å². The lowest BCUT2D eigenvalue weighted by atomic mass is 10.0. The largest absolute Gasteiger partial charge is 0.327 e. The first-order valence-corrected chi connectivity index (χ1v) is 9.54. The fourth-order valence-electron chi connectivity index (χ4n) is 3.22. The van der Waals surface area contributed by atoms with Crippen LogP contribution in [-0.2, 0) is 4.79 Å². The second-order valence-corrected chi connectivity index (χ2v) is 7.70. The number of carbonyl (C=O) groups is 1. The molecular formula is C22H27FN4O. The first-order chi connectivity index (χ1) is 13.2. The average Bonchev–Trinajstić information content (AvgIpc) is 3.01. The lowest BCUT2D eigenvalue weighted by Gasteiger charge is -2.17. The van der Waals surface area contributed by atoms with E-state index in [-0.39, 0.29) is 29.7 Å². The monoisotopic (exact) mass is 382 g/mol. The van der Waals surface area contributed by atoms with E-state index in [4.69, 9.17) is 10.7 Å². The maximum Gasteiger partial charge on any atom is 0.228 e. The van der Waals surface area contributed by atoms with Crippen LogP contribution >= 0.6 is 0 Å². The number of nitrogens with one attached hydrogen (secondary N) is 1. The lowest BCUT2D eigenvalue weighted by Crippen LogP contribution is -2.34. The first kappa shape index (κ1) is 20.0. The molecule has 1 heterocycles. The molecule has 2 unspecified atom stereocenters. The summed E-state index contributed by atoms with van der Waals surface area (Å²) in [6.07, 6.45) is 0. The topological polar surface area (TPSA) is 72.9 Å². The summed E-state index contributed by atoms with van der Waals surface area (Å²) in [4.78, 5) is 17.0. The SMILES string of the molecule is Cc1cc(-c2nc3ccc(F)cc3n2C(C)C)ccc1NC(=O)C(C)C(C)N. The summed E-state index contributed by atoms with van der Waals surface area (Å²) in [6, 6.07) is 10.3. The molecule has 28 heavy (non-hydrogen) atoms. The van der Waals surface area contributed by atoms with Gasteiger partial charge in [0.25, 0.3) is 0 Å². The molecule has 5 nitrogen and oxygen atoms in total. The molecule has 1 aromatic heterocycles. The molecule has 0 aliphatic rings. The Hall–Kier alpha value is -2.73. The van der Waals surface area contributed by atoms with Crippen LogP contribution in [0.15, 0.2) is 36.4 Å². The summed E-state index contributed by atoms with van der Waals surface area (Å²) < 4.78 is 15.8. The number of anilines is 1. The Morgan fingerprint density at radius 2 is 1.86 bits per heavy atom. The molecule has 0 radical (unpaired) electrons. The van der Waals surface area contributed by atoms with Gasteiger partial charge in [-0.2, -0.15) is 0 Å². The Morgan fingerprint density at radius 1 is 1.14 bits per heavy atom. The van der Waals surface area contributed by atoms with Crippen molar-refractivity contribution >= 4 is 22.6 Å². The standard InChI is InChI=1S/C22H27FN4O/c1-12(2)27-20-11-17(23)7-9-19(20)25-21(27)16-6-8-18(13(3)10-16)26-22(28)14(4)15(5)24/h6-12,14-15H,24H2,1-5H3,(H,26,28). The van der Waals surface area contributed by atoms with Gasteiger partial charge in [-0.05, 0) is 69.7 Å². The van der Waals surface area contributed by atoms with Crippen molar-refractivity contribution in [2.75, 3.05) is 5.32 Å². The molecule has 0 fully saturated rings. The number of hydrogen-bond acceptors (Lipinski definition) is 3. The van der Waals surface area contributed by atoms with Gasteiger partial charge < -0.3 is 15.6 Å². The zero-order valence-corrected chi connectivity index (χ0v) is 17.0. The highest BCUT2D eigenvalue weighted by molar-refractivity contribution is 5.94. The van der Waals surface area contributed by atoms with Gasteiger partial charge in [-0.1, -0.05) is 6.92 Å². The molecule has 0 saturated carbocycles. The van der Waals surface area contributed by atoms with Crippen LogP contribution in [0.2, 0.25) is 0 Å². The van der Waals surface area contributed by atoms with E-state index in [0.717, 1.165) is 33.7 Å². The molecule has 0 aliphatic heterocycles. The number of aromatic nitrogens is 2. The Balaban J connectivity index is 2.00. The van der Waals surface area contributed by atoms with E-state index in [9.17, 15) is 9.18 Å². The summed E-state index contributed by atoms with van der Waals surface area (Å²) in [5.41, 5.74) is 9.94. The molecule has 148 valence electrons. The van der Waals surface area contributed by atoms with Gasteiger partial charge in [0, 0.05) is 23.3 Å². The highest BCUT2D eigenvalue weighted by atomic mass is 19.1. The normalized spacial score (nSPS) is 13.7. The van der Waals surface area contributed by atoms with Gasteiger partial charge in [-0.3, -0.25) is 4.79 Å². The lowest BCUT2D eigenvalue weighted by molar-refractivity contribution is -0.119. The number of benzene rings is 2. The minimum atomic E-state index is -0.279. The molecule has 0 saturated heterocycles. The van der Waals surface area contributed by atoms with Crippen LogP contribution in [-0.4, -0.2) is 21.5 Å². The molecule has 3 aromatic rings. The molecule has 3 rings (SSSR count). The quantitative estimate of drug-likeness (QED) is 0.674. The van der Waals surface area contributed by atoms with Gasteiger partial charge in [0.05, 0.1) is 17.0 Å². The van der Waals surface area contributed by atoms with E-state index in [1.165, 1.54) is 12.1 Å². The van der Waals surface area contributed by atoms with E-state index < -0.39 is 0 Å². The second kappa shape index (κ2) is 7.72. The number of nitrogens with two attached hydrogens (primary N) is 1. The molecule has 0 spiro atoms. The van der Waals surface area contributed by atoms with Crippen LogP contribution in [0.5, 0.6) is 0 Å². The number of fused-ring (bicyclic) bond motifs is 1. The Labute approximate surface area is 164 Å². The van der Waals surface area contributed by atoms with Crippen molar-refractivity contribution in [3.8, 4) is 11.4 Å². The molecule has 0 aliphatic carbocycles. The third kappa shape index (κ3) is 3.78. The smallest absolute Gasteiger partial charge is 0.228 e. The third-order valence-corrected chi connectivity index (χ3v) is 5.11. The Kier molecular flexibility index (Phi) is 5.52. The van der Waals surface area contributed by atoms with E-state index in [1.807, 2.05) is 57.4 Å². The van der Waals surface area contributed by atoms with E-state index >= 15 is 0 Å². The van der Waals surface area contributed by atoms with Crippen LogP contribution in [0.25, 0.3) is 22.4 Å². The number of amides is 1.